The number of halogens is 1. The van der Waals surface area contributed by atoms with E-state index in [-0.39, 0.29) is 31.2 Å². The SMILES string of the molecule is Cc1ncc(CN2CCN(c3cc4c(cc3F)C(=O)N(C3CCC(=O)NC3=O)C4)CC2)cn1. The van der Waals surface area contributed by atoms with Gasteiger partial charge in [-0.2, -0.15) is 0 Å². The highest BCUT2D eigenvalue weighted by atomic mass is 19.1. The molecule has 2 saturated heterocycles. The van der Waals surface area contributed by atoms with Gasteiger partial charge in [-0.25, -0.2) is 14.4 Å². The first-order chi connectivity index (χ1) is 15.9. The van der Waals surface area contributed by atoms with Gasteiger partial charge in [0, 0.05) is 69.2 Å². The molecule has 4 heterocycles. The van der Waals surface area contributed by atoms with E-state index in [0.29, 0.717) is 29.9 Å². The Morgan fingerprint density at radius 3 is 2.52 bits per heavy atom. The summed E-state index contributed by atoms with van der Waals surface area (Å²) in [6, 6.07) is 2.32. The summed E-state index contributed by atoms with van der Waals surface area (Å²) >= 11 is 0. The minimum Gasteiger partial charge on any atom is -0.367 e. The van der Waals surface area contributed by atoms with E-state index in [1.165, 1.54) is 11.0 Å². The topological polar surface area (TPSA) is 98.7 Å². The highest BCUT2D eigenvalue weighted by molar-refractivity contribution is 6.05. The van der Waals surface area contributed by atoms with Crippen molar-refractivity contribution < 1.29 is 18.8 Å². The summed E-state index contributed by atoms with van der Waals surface area (Å²) in [5.74, 6) is -0.862. The van der Waals surface area contributed by atoms with Gasteiger partial charge in [0.2, 0.25) is 11.8 Å². The highest BCUT2D eigenvalue weighted by Gasteiger charge is 2.39. The molecule has 1 atom stereocenters. The van der Waals surface area contributed by atoms with Crippen molar-refractivity contribution in [3.8, 4) is 0 Å². The molecule has 1 unspecified atom stereocenters. The maximum absolute atomic E-state index is 15.0. The van der Waals surface area contributed by atoms with Crippen molar-refractivity contribution in [3.63, 3.8) is 0 Å². The molecule has 1 N–H and O–H groups in total. The molecule has 2 fully saturated rings. The fraction of sp³-hybridized carbons (Fsp3) is 0.435. The average molecular weight is 452 g/mol. The molecule has 3 aliphatic rings. The molecule has 5 rings (SSSR count). The first-order valence-electron chi connectivity index (χ1n) is 11.1. The fourth-order valence-corrected chi connectivity index (χ4v) is 4.72. The van der Waals surface area contributed by atoms with Gasteiger partial charge >= 0.3 is 0 Å². The predicted molar refractivity (Wildman–Crippen MR) is 117 cm³/mol. The van der Waals surface area contributed by atoms with Crippen molar-refractivity contribution in [1.82, 2.24) is 25.1 Å². The zero-order valence-corrected chi connectivity index (χ0v) is 18.4. The number of nitrogens with zero attached hydrogens (tertiary/aromatic N) is 5. The molecular weight excluding hydrogens is 427 g/mol. The number of nitrogens with one attached hydrogen (secondary N) is 1. The Morgan fingerprint density at radius 1 is 1.09 bits per heavy atom. The minimum atomic E-state index is -0.705. The number of hydrogen-bond acceptors (Lipinski definition) is 7. The lowest BCUT2D eigenvalue weighted by molar-refractivity contribution is -0.136. The Morgan fingerprint density at radius 2 is 1.82 bits per heavy atom. The summed E-state index contributed by atoms with van der Waals surface area (Å²) in [5, 5.41) is 2.29. The summed E-state index contributed by atoms with van der Waals surface area (Å²) < 4.78 is 15.0. The zero-order chi connectivity index (χ0) is 23.1. The molecule has 1 aromatic carbocycles. The number of imide groups is 1. The summed E-state index contributed by atoms with van der Waals surface area (Å²) in [4.78, 5) is 50.7. The Balaban J connectivity index is 1.26. The number of carbonyl (C=O) groups is 3. The van der Waals surface area contributed by atoms with E-state index < -0.39 is 17.8 Å². The van der Waals surface area contributed by atoms with Gasteiger partial charge in [-0.3, -0.25) is 24.6 Å². The van der Waals surface area contributed by atoms with Crippen LogP contribution in [-0.4, -0.2) is 69.7 Å². The summed E-state index contributed by atoms with van der Waals surface area (Å²) in [6.07, 6.45) is 4.14. The second kappa shape index (κ2) is 8.51. The van der Waals surface area contributed by atoms with Crippen LogP contribution >= 0.6 is 0 Å². The van der Waals surface area contributed by atoms with Crippen LogP contribution in [0.15, 0.2) is 24.5 Å². The van der Waals surface area contributed by atoms with E-state index in [9.17, 15) is 14.4 Å². The highest BCUT2D eigenvalue weighted by Crippen LogP contribution is 2.33. The molecular formula is C23H25FN6O3. The lowest BCUT2D eigenvalue weighted by Crippen LogP contribution is -2.52. The van der Waals surface area contributed by atoms with Crippen LogP contribution in [0.2, 0.25) is 0 Å². The summed E-state index contributed by atoms with van der Waals surface area (Å²) in [6.45, 7) is 5.70. The van der Waals surface area contributed by atoms with Gasteiger partial charge in [0.25, 0.3) is 5.91 Å². The van der Waals surface area contributed by atoms with Gasteiger partial charge in [-0.15, -0.1) is 0 Å². The quantitative estimate of drug-likeness (QED) is 0.692. The fourth-order valence-electron chi connectivity index (χ4n) is 4.72. The second-order valence-corrected chi connectivity index (χ2v) is 8.76. The van der Waals surface area contributed by atoms with Crippen molar-refractivity contribution in [2.45, 2.75) is 38.9 Å². The molecule has 0 aliphatic carbocycles. The van der Waals surface area contributed by atoms with E-state index in [0.717, 1.165) is 31.0 Å². The third kappa shape index (κ3) is 4.18. The van der Waals surface area contributed by atoms with Crippen LogP contribution in [0, 0.1) is 12.7 Å². The molecule has 2 aromatic rings. The van der Waals surface area contributed by atoms with E-state index in [1.54, 1.807) is 6.07 Å². The molecule has 1 aromatic heterocycles. The summed E-state index contributed by atoms with van der Waals surface area (Å²) in [7, 11) is 0. The Kier molecular flexibility index (Phi) is 5.53. The third-order valence-electron chi connectivity index (χ3n) is 6.54. The smallest absolute Gasteiger partial charge is 0.255 e. The van der Waals surface area contributed by atoms with Crippen LogP contribution < -0.4 is 10.2 Å². The van der Waals surface area contributed by atoms with Gasteiger partial charge in [0.15, 0.2) is 0 Å². The van der Waals surface area contributed by atoms with Crippen LogP contribution in [-0.2, 0) is 22.7 Å². The molecule has 3 amide bonds. The number of hydrogen-bond donors (Lipinski definition) is 1. The van der Waals surface area contributed by atoms with E-state index in [1.807, 2.05) is 24.2 Å². The zero-order valence-electron chi connectivity index (χ0n) is 18.4. The molecule has 33 heavy (non-hydrogen) atoms. The Bertz CT molecular complexity index is 1110. The molecule has 9 nitrogen and oxygen atoms in total. The molecule has 3 aliphatic heterocycles. The van der Waals surface area contributed by atoms with Crippen molar-refractivity contribution in [2.24, 2.45) is 0 Å². The van der Waals surface area contributed by atoms with Gasteiger partial charge in [0.05, 0.1) is 5.69 Å². The number of piperidine rings is 1. The Hall–Kier alpha value is -3.40. The van der Waals surface area contributed by atoms with Crippen LogP contribution in [0.1, 0.15) is 40.2 Å². The molecule has 0 radical (unpaired) electrons. The summed E-state index contributed by atoms with van der Waals surface area (Å²) in [5.41, 5.74) is 2.52. The maximum atomic E-state index is 15.0. The third-order valence-corrected chi connectivity index (χ3v) is 6.54. The van der Waals surface area contributed by atoms with Crippen molar-refractivity contribution in [2.75, 3.05) is 31.1 Å². The molecule has 0 bridgehead atoms. The second-order valence-electron chi connectivity index (χ2n) is 8.76. The standard InChI is InChI=1S/C23H25FN6O3/c1-14-25-10-15(11-26-14)12-28-4-6-29(7-5-28)20-8-16-13-30(23(33)17(16)9-18(20)24)19-2-3-21(31)27-22(19)32/h8-11,19H,2-7,12-13H2,1H3,(H,27,31,32). The number of aromatic nitrogens is 2. The van der Waals surface area contributed by atoms with Gasteiger partial charge in [-0.1, -0.05) is 0 Å². The first-order valence-corrected chi connectivity index (χ1v) is 11.1. The van der Waals surface area contributed by atoms with Crippen molar-refractivity contribution in [1.29, 1.82) is 0 Å². The van der Waals surface area contributed by atoms with Crippen LogP contribution in [0.4, 0.5) is 10.1 Å². The van der Waals surface area contributed by atoms with E-state index in [4.69, 9.17) is 0 Å². The van der Waals surface area contributed by atoms with Crippen molar-refractivity contribution in [3.05, 3.63) is 52.9 Å². The van der Waals surface area contributed by atoms with E-state index in [2.05, 4.69) is 20.2 Å². The van der Waals surface area contributed by atoms with Crippen LogP contribution in [0.5, 0.6) is 0 Å². The van der Waals surface area contributed by atoms with Crippen LogP contribution in [0.25, 0.3) is 0 Å². The Labute approximate surface area is 190 Å². The predicted octanol–water partition coefficient (Wildman–Crippen LogP) is 1.01. The van der Waals surface area contributed by atoms with Gasteiger partial charge in [-0.05, 0) is 31.0 Å². The van der Waals surface area contributed by atoms with Crippen molar-refractivity contribution >= 4 is 23.4 Å². The van der Waals surface area contributed by atoms with Crippen LogP contribution in [0.3, 0.4) is 0 Å². The van der Waals surface area contributed by atoms with Gasteiger partial charge in [0.1, 0.15) is 17.7 Å². The maximum Gasteiger partial charge on any atom is 0.255 e. The number of piperazine rings is 1. The monoisotopic (exact) mass is 452 g/mol. The number of amides is 3. The minimum absolute atomic E-state index is 0.190. The average Bonchev–Trinajstić information content (AvgIpc) is 3.11. The number of carbonyl (C=O) groups excluding carboxylic acids is 3. The largest absolute Gasteiger partial charge is 0.367 e. The first kappa shape index (κ1) is 21.4. The normalized spacial score (nSPS) is 21.4. The number of anilines is 1. The number of aryl methyl sites for hydroxylation is 1. The lowest BCUT2D eigenvalue weighted by atomic mass is 10.0. The lowest BCUT2D eigenvalue weighted by Gasteiger charge is -2.36. The molecule has 10 heteroatoms. The number of benzene rings is 1. The molecule has 0 saturated carbocycles. The van der Waals surface area contributed by atoms with Gasteiger partial charge < -0.3 is 9.80 Å². The molecule has 172 valence electrons. The number of fused-ring (bicyclic) bond motifs is 1. The number of rotatable bonds is 4. The molecule has 0 spiro atoms. The van der Waals surface area contributed by atoms with E-state index >= 15 is 4.39 Å².